The molecule has 0 bridgehead atoms. The average Bonchev–Trinajstić information content (AvgIpc) is 2.45. The second kappa shape index (κ2) is 6.51. The van der Waals surface area contributed by atoms with Crippen LogP contribution in [0.4, 0.5) is 0 Å². The molecule has 20 heavy (non-hydrogen) atoms. The third kappa shape index (κ3) is 3.47. The molecule has 0 aliphatic carbocycles. The molecule has 1 atom stereocenters. The van der Waals surface area contributed by atoms with Crippen LogP contribution in [0.3, 0.4) is 0 Å². The van der Waals surface area contributed by atoms with Gasteiger partial charge < -0.3 is 5.11 Å². The maximum Gasteiger partial charge on any atom is 0.0845 e. The number of aryl methyl sites for hydroxylation is 3. The highest BCUT2D eigenvalue weighted by Gasteiger charge is 2.12. The van der Waals surface area contributed by atoms with Gasteiger partial charge in [-0.2, -0.15) is 0 Å². The smallest absolute Gasteiger partial charge is 0.0845 e. The Labute approximate surface area is 129 Å². The zero-order chi connectivity index (χ0) is 14.7. The number of aromatic nitrogens is 1. The fraction of sp³-hybridized carbons (Fsp3) is 0.353. The van der Waals surface area contributed by atoms with Crippen molar-refractivity contribution in [1.29, 1.82) is 0 Å². The number of benzene rings is 1. The number of rotatable bonds is 4. The van der Waals surface area contributed by atoms with Crippen LogP contribution in [0.5, 0.6) is 0 Å². The Bertz CT molecular complexity index is 569. The molecule has 2 nitrogen and oxygen atoms in total. The van der Waals surface area contributed by atoms with Gasteiger partial charge in [0.1, 0.15) is 0 Å². The number of aliphatic hydroxyl groups is 1. The topological polar surface area (TPSA) is 33.1 Å². The Hall–Kier alpha value is -1.19. The molecule has 1 unspecified atom stereocenters. The standard InChI is InChI=1S/C17H20BrNO/c1-4-13-5-6-15(19-10-13)9-16(20)14-7-11(2)17(18)12(3)8-14/h5-8,10,16,20H,4,9H2,1-3H3. The van der Waals surface area contributed by atoms with Crippen molar-refractivity contribution >= 4 is 15.9 Å². The zero-order valence-corrected chi connectivity index (χ0v) is 13.7. The SMILES string of the molecule is CCc1ccc(CC(O)c2cc(C)c(Br)c(C)c2)nc1. The van der Waals surface area contributed by atoms with E-state index in [0.717, 1.165) is 33.3 Å². The van der Waals surface area contributed by atoms with Crippen LogP contribution < -0.4 is 0 Å². The van der Waals surface area contributed by atoms with E-state index in [1.807, 2.05) is 38.2 Å². The Kier molecular flexibility index (Phi) is 4.95. The van der Waals surface area contributed by atoms with E-state index in [9.17, 15) is 5.11 Å². The van der Waals surface area contributed by atoms with Crippen LogP contribution in [0.25, 0.3) is 0 Å². The maximum atomic E-state index is 10.4. The minimum atomic E-state index is -0.513. The van der Waals surface area contributed by atoms with Crippen LogP contribution in [-0.4, -0.2) is 10.1 Å². The zero-order valence-electron chi connectivity index (χ0n) is 12.2. The minimum Gasteiger partial charge on any atom is -0.388 e. The second-order valence-electron chi connectivity index (χ2n) is 5.20. The molecule has 0 fully saturated rings. The van der Waals surface area contributed by atoms with Gasteiger partial charge in [0.25, 0.3) is 0 Å². The Morgan fingerprint density at radius 2 is 1.85 bits per heavy atom. The fourth-order valence-electron chi connectivity index (χ4n) is 2.27. The van der Waals surface area contributed by atoms with Crippen LogP contribution in [0.1, 0.15) is 41.0 Å². The quantitative estimate of drug-likeness (QED) is 0.904. The predicted molar refractivity (Wildman–Crippen MR) is 85.9 cm³/mol. The van der Waals surface area contributed by atoms with E-state index in [1.54, 1.807) is 0 Å². The molecule has 2 rings (SSSR count). The summed E-state index contributed by atoms with van der Waals surface area (Å²) in [5.41, 5.74) is 5.39. The molecule has 0 saturated carbocycles. The highest BCUT2D eigenvalue weighted by molar-refractivity contribution is 9.10. The van der Waals surface area contributed by atoms with Crippen molar-refractivity contribution in [2.24, 2.45) is 0 Å². The van der Waals surface area contributed by atoms with Gasteiger partial charge in [-0.3, -0.25) is 4.98 Å². The summed E-state index contributed by atoms with van der Waals surface area (Å²) >= 11 is 3.55. The third-order valence-electron chi connectivity index (χ3n) is 3.54. The first-order valence-electron chi connectivity index (χ1n) is 6.89. The van der Waals surface area contributed by atoms with Crippen molar-refractivity contribution in [3.05, 3.63) is 62.9 Å². The van der Waals surface area contributed by atoms with Crippen LogP contribution in [0, 0.1) is 13.8 Å². The van der Waals surface area contributed by atoms with E-state index < -0.39 is 6.10 Å². The number of halogens is 1. The van der Waals surface area contributed by atoms with Gasteiger partial charge in [-0.25, -0.2) is 0 Å². The van der Waals surface area contributed by atoms with Gasteiger partial charge in [0, 0.05) is 22.8 Å². The summed E-state index contributed by atoms with van der Waals surface area (Å²) in [6.45, 7) is 6.20. The van der Waals surface area contributed by atoms with Crippen molar-refractivity contribution in [1.82, 2.24) is 4.98 Å². The molecule has 0 aliphatic rings. The van der Waals surface area contributed by atoms with Crippen LogP contribution >= 0.6 is 15.9 Å². The first-order chi connectivity index (χ1) is 9.51. The number of aliphatic hydroxyl groups excluding tert-OH is 1. The molecule has 0 radical (unpaired) electrons. The van der Waals surface area contributed by atoms with Gasteiger partial charge in [-0.15, -0.1) is 0 Å². The molecule has 1 aromatic carbocycles. The summed E-state index contributed by atoms with van der Waals surface area (Å²) in [5.74, 6) is 0. The number of hydrogen-bond donors (Lipinski definition) is 1. The van der Waals surface area contributed by atoms with E-state index >= 15 is 0 Å². The van der Waals surface area contributed by atoms with Crippen molar-refractivity contribution in [3.63, 3.8) is 0 Å². The van der Waals surface area contributed by atoms with Gasteiger partial charge in [0.2, 0.25) is 0 Å². The van der Waals surface area contributed by atoms with Crippen molar-refractivity contribution < 1.29 is 5.11 Å². The lowest BCUT2D eigenvalue weighted by molar-refractivity contribution is 0.177. The highest BCUT2D eigenvalue weighted by atomic mass is 79.9. The van der Waals surface area contributed by atoms with Gasteiger partial charge in [0.15, 0.2) is 0 Å². The number of hydrogen-bond acceptors (Lipinski definition) is 2. The third-order valence-corrected chi connectivity index (χ3v) is 4.79. The molecule has 0 saturated heterocycles. The lowest BCUT2D eigenvalue weighted by Crippen LogP contribution is -2.04. The van der Waals surface area contributed by atoms with Gasteiger partial charge >= 0.3 is 0 Å². The van der Waals surface area contributed by atoms with E-state index in [-0.39, 0.29) is 0 Å². The first-order valence-corrected chi connectivity index (χ1v) is 7.69. The molecule has 1 heterocycles. The molecule has 106 valence electrons. The van der Waals surface area contributed by atoms with Crippen molar-refractivity contribution in [2.75, 3.05) is 0 Å². The van der Waals surface area contributed by atoms with Crippen molar-refractivity contribution in [2.45, 2.75) is 39.7 Å². The van der Waals surface area contributed by atoms with E-state index in [0.29, 0.717) is 6.42 Å². The summed E-state index contributed by atoms with van der Waals surface area (Å²) in [6, 6.07) is 8.14. The van der Waals surface area contributed by atoms with Crippen LogP contribution in [0.15, 0.2) is 34.9 Å². The molecule has 3 heteroatoms. The summed E-state index contributed by atoms with van der Waals surface area (Å²) < 4.78 is 1.11. The molecule has 2 aromatic rings. The van der Waals surface area contributed by atoms with E-state index in [2.05, 4.69) is 33.9 Å². The monoisotopic (exact) mass is 333 g/mol. The summed E-state index contributed by atoms with van der Waals surface area (Å²) in [5, 5.41) is 10.4. The molecule has 0 spiro atoms. The lowest BCUT2D eigenvalue weighted by Gasteiger charge is -2.14. The predicted octanol–water partition coefficient (Wildman–Crippen LogP) is 4.30. The Morgan fingerprint density at radius 3 is 2.35 bits per heavy atom. The molecule has 1 N–H and O–H groups in total. The maximum absolute atomic E-state index is 10.4. The fourth-order valence-corrected chi connectivity index (χ4v) is 2.50. The average molecular weight is 334 g/mol. The largest absolute Gasteiger partial charge is 0.388 e. The first kappa shape index (κ1) is 15.2. The number of nitrogens with zero attached hydrogens (tertiary/aromatic N) is 1. The Balaban J connectivity index is 2.16. The molecule has 0 amide bonds. The van der Waals surface area contributed by atoms with Crippen molar-refractivity contribution in [3.8, 4) is 0 Å². The normalized spacial score (nSPS) is 12.4. The molecule has 1 aromatic heterocycles. The summed E-state index contributed by atoms with van der Waals surface area (Å²) in [7, 11) is 0. The molecule has 0 aliphatic heterocycles. The summed E-state index contributed by atoms with van der Waals surface area (Å²) in [4.78, 5) is 4.41. The van der Waals surface area contributed by atoms with Crippen LogP contribution in [0.2, 0.25) is 0 Å². The van der Waals surface area contributed by atoms with Gasteiger partial charge in [-0.1, -0.05) is 41.1 Å². The number of pyridine rings is 1. The lowest BCUT2D eigenvalue weighted by atomic mass is 10.00. The highest BCUT2D eigenvalue weighted by Crippen LogP contribution is 2.27. The van der Waals surface area contributed by atoms with Gasteiger partial charge in [-0.05, 0) is 48.6 Å². The Morgan fingerprint density at radius 1 is 1.20 bits per heavy atom. The van der Waals surface area contributed by atoms with E-state index in [1.165, 1.54) is 5.56 Å². The minimum absolute atomic E-state index is 0.513. The summed E-state index contributed by atoms with van der Waals surface area (Å²) in [6.07, 6.45) is 2.91. The molecular formula is C17H20BrNO. The van der Waals surface area contributed by atoms with Gasteiger partial charge in [0.05, 0.1) is 6.10 Å². The second-order valence-corrected chi connectivity index (χ2v) is 5.99. The molecular weight excluding hydrogens is 314 g/mol. The van der Waals surface area contributed by atoms with E-state index in [4.69, 9.17) is 0 Å². The van der Waals surface area contributed by atoms with Crippen LogP contribution in [-0.2, 0) is 12.8 Å².